The van der Waals surface area contributed by atoms with Gasteiger partial charge in [0.15, 0.2) is 0 Å². The van der Waals surface area contributed by atoms with Crippen molar-refractivity contribution in [3.8, 4) is 5.75 Å². The fourth-order valence-electron chi connectivity index (χ4n) is 1.55. The quantitative estimate of drug-likeness (QED) is 0.645. The first-order valence-electron chi connectivity index (χ1n) is 6.02. The number of methoxy groups -OCH3 is 1. The van der Waals surface area contributed by atoms with Crippen LogP contribution in [0.4, 0.5) is 17.6 Å². The van der Waals surface area contributed by atoms with E-state index in [0.29, 0.717) is 0 Å². The molecule has 0 saturated carbocycles. The number of ether oxygens (including phenoxy) is 1. The van der Waals surface area contributed by atoms with Crippen LogP contribution in [0.2, 0.25) is 0 Å². The molecule has 0 aliphatic heterocycles. The summed E-state index contributed by atoms with van der Waals surface area (Å²) < 4.78 is 54.0. The molecule has 0 spiro atoms. The van der Waals surface area contributed by atoms with Crippen LogP contribution in [0.3, 0.4) is 0 Å². The highest BCUT2D eigenvalue weighted by atomic mass is 19.4. The Hall–Kier alpha value is -1.79. The lowest BCUT2D eigenvalue weighted by molar-refractivity contribution is -0.135. The van der Waals surface area contributed by atoms with Crippen LogP contribution in [-0.2, 0) is 0 Å². The van der Waals surface area contributed by atoms with Crippen molar-refractivity contribution in [1.29, 1.82) is 0 Å². The zero-order chi connectivity index (χ0) is 15.2. The Morgan fingerprint density at radius 1 is 1.30 bits per heavy atom. The van der Waals surface area contributed by atoms with Crippen LogP contribution in [0.1, 0.15) is 29.6 Å². The molecular weight excluding hydrogens is 278 g/mol. The minimum Gasteiger partial charge on any atom is -0.497 e. The van der Waals surface area contributed by atoms with Crippen LogP contribution >= 0.6 is 0 Å². The smallest absolute Gasteiger partial charge is 0.389 e. The van der Waals surface area contributed by atoms with Gasteiger partial charge in [0, 0.05) is 19.0 Å². The number of unbranched alkanes of at least 4 members (excludes halogenated alkanes) is 1. The summed E-state index contributed by atoms with van der Waals surface area (Å²) in [6.45, 7) is 0.0698. The highest BCUT2D eigenvalue weighted by Gasteiger charge is 2.25. The van der Waals surface area contributed by atoms with E-state index in [0.717, 1.165) is 6.07 Å². The molecule has 1 amide bonds. The average molecular weight is 293 g/mol. The Balaban J connectivity index is 2.40. The molecule has 0 radical (unpaired) electrons. The minimum absolute atomic E-state index is 0.0698. The van der Waals surface area contributed by atoms with Gasteiger partial charge in [0.1, 0.15) is 11.6 Å². The van der Waals surface area contributed by atoms with Crippen LogP contribution in [0.15, 0.2) is 18.2 Å². The monoisotopic (exact) mass is 293 g/mol. The standard InChI is InChI=1S/C13H15F4NO2/c1-20-9-4-5-10(11(14)8-9)12(19)18-7-3-2-6-13(15,16)17/h4-5,8H,2-3,6-7H2,1H3,(H,18,19). The molecule has 0 aliphatic carbocycles. The molecule has 7 heteroatoms. The van der Waals surface area contributed by atoms with Gasteiger partial charge in [-0.2, -0.15) is 13.2 Å². The fourth-order valence-corrected chi connectivity index (χ4v) is 1.55. The van der Waals surface area contributed by atoms with Gasteiger partial charge in [0.05, 0.1) is 12.7 Å². The van der Waals surface area contributed by atoms with E-state index in [1.54, 1.807) is 0 Å². The third-order valence-electron chi connectivity index (χ3n) is 2.59. The summed E-state index contributed by atoms with van der Waals surface area (Å²) in [5.74, 6) is -1.11. The van der Waals surface area contributed by atoms with E-state index < -0.39 is 24.3 Å². The van der Waals surface area contributed by atoms with Crippen molar-refractivity contribution < 1.29 is 27.1 Å². The maximum absolute atomic E-state index is 13.5. The number of alkyl halides is 3. The molecule has 1 aromatic carbocycles. The largest absolute Gasteiger partial charge is 0.497 e. The molecule has 0 atom stereocenters. The first kappa shape index (κ1) is 16.3. The Labute approximate surface area is 113 Å². The van der Waals surface area contributed by atoms with Crippen molar-refractivity contribution in [3.05, 3.63) is 29.6 Å². The molecular formula is C13H15F4NO2. The van der Waals surface area contributed by atoms with Gasteiger partial charge in [-0.3, -0.25) is 4.79 Å². The maximum Gasteiger partial charge on any atom is 0.389 e. The normalized spacial score (nSPS) is 11.2. The molecule has 0 aromatic heterocycles. The predicted molar refractivity (Wildman–Crippen MR) is 65.2 cm³/mol. The number of carbonyl (C=O) groups excluding carboxylic acids is 1. The molecule has 0 unspecified atom stereocenters. The van der Waals surface area contributed by atoms with Gasteiger partial charge < -0.3 is 10.1 Å². The van der Waals surface area contributed by atoms with Crippen LogP contribution < -0.4 is 10.1 Å². The highest BCUT2D eigenvalue weighted by molar-refractivity contribution is 5.94. The number of rotatable bonds is 6. The minimum atomic E-state index is -4.19. The number of nitrogens with one attached hydrogen (secondary N) is 1. The van der Waals surface area contributed by atoms with E-state index in [-0.39, 0.29) is 30.7 Å². The van der Waals surface area contributed by atoms with Crippen molar-refractivity contribution in [3.63, 3.8) is 0 Å². The van der Waals surface area contributed by atoms with Crippen LogP contribution in [0.5, 0.6) is 5.75 Å². The number of hydrogen-bond acceptors (Lipinski definition) is 2. The van der Waals surface area contributed by atoms with Crippen LogP contribution in [0, 0.1) is 5.82 Å². The predicted octanol–water partition coefficient (Wildman–Crippen LogP) is 3.30. The zero-order valence-electron chi connectivity index (χ0n) is 10.9. The summed E-state index contributed by atoms with van der Waals surface area (Å²) in [6.07, 6.45) is -4.97. The molecule has 0 saturated heterocycles. The van der Waals surface area contributed by atoms with Gasteiger partial charge in [-0.05, 0) is 25.0 Å². The number of amides is 1. The third kappa shape index (κ3) is 5.46. The van der Waals surface area contributed by atoms with E-state index in [9.17, 15) is 22.4 Å². The van der Waals surface area contributed by atoms with E-state index >= 15 is 0 Å². The number of benzene rings is 1. The van der Waals surface area contributed by atoms with Crippen molar-refractivity contribution >= 4 is 5.91 Å². The summed E-state index contributed by atoms with van der Waals surface area (Å²) in [4.78, 5) is 11.6. The topological polar surface area (TPSA) is 38.3 Å². The second kappa shape index (κ2) is 7.12. The first-order chi connectivity index (χ1) is 9.33. The van der Waals surface area contributed by atoms with Crippen LogP contribution in [-0.4, -0.2) is 25.7 Å². The molecule has 1 rings (SSSR count). The Morgan fingerprint density at radius 2 is 2.00 bits per heavy atom. The average Bonchev–Trinajstić information content (AvgIpc) is 2.36. The van der Waals surface area contributed by atoms with Crippen LogP contribution in [0.25, 0.3) is 0 Å². The molecule has 0 bridgehead atoms. The van der Waals surface area contributed by atoms with Crippen molar-refractivity contribution in [2.24, 2.45) is 0 Å². The van der Waals surface area contributed by atoms with E-state index in [1.807, 2.05) is 0 Å². The van der Waals surface area contributed by atoms with E-state index in [2.05, 4.69) is 5.32 Å². The molecule has 112 valence electrons. The van der Waals surface area contributed by atoms with Gasteiger partial charge in [0.2, 0.25) is 0 Å². The summed E-state index contributed by atoms with van der Waals surface area (Å²) >= 11 is 0. The Kier molecular flexibility index (Phi) is 5.79. The van der Waals surface area contributed by atoms with Crippen molar-refractivity contribution in [1.82, 2.24) is 5.32 Å². The second-order valence-electron chi connectivity index (χ2n) is 4.17. The lowest BCUT2D eigenvalue weighted by Crippen LogP contribution is -2.25. The molecule has 0 aliphatic rings. The zero-order valence-corrected chi connectivity index (χ0v) is 10.9. The van der Waals surface area contributed by atoms with Gasteiger partial charge in [0.25, 0.3) is 5.91 Å². The van der Waals surface area contributed by atoms with Gasteiger partial charge in [-0.25, -0.2) is 4.39 Å². The number of hydrogen-bond donors (Lipinski definition) is 1. The lowest BCUT2D eigenvalue weighted by atomic mass is 10.2. The number of carbonyl (C=O) groups is 1. The SMILES string of the molecule is COc1ccc(C(=O)NCCCCC(F)(F)F)c(F)c1. The van der Waals surface area contributed by atoms with Gasteiger partial charge in [-0.15, -0.1) is 0 Å². The maximum atomic E-state index is 13.5. The summed E-state index contributed by atoms with van der Waals surface area (Å²) in [5, 5.41) is 2.38. The Morgan fingerprint density at radius 3 is 2.55 bits per heavy atom. The van der Waals surface area contributed by atoms with Crippen molar-refractivity contribution in [2.45, 2.75) is 25.4 Å². The van der Waals surface area contributed by atoms with Crippen molar-refractivity contribution in [2.75, 3.05) is 13.7 Å². The molecule has 0 fully saturated rings. The summed E-state index contributed by atoms with van der Waals surface area (Å²) in [6, 6.07) is 3.76. The van der Waals surface area contributed by atoms with E-state index in [1.165, 1.54) is 19.2 Å². The molecule has 3 nitrogen and oxygen atoms in total. The molecule has 0 heterocycles. The van der Waals surface area contributed by atoms with E-state index in [4.69, 9.17) is 4.74 Å². The Bertz CT molecular complexity index is 460. The van der Waals surface area contributed by atoms with Gasteiger partial charge in [-0.1, -0.05) is 0 Å². The molecule has 20 heavy (non-hydrogen) atoms. The lowest BCUT2D eigenvalue weighted by Gasteiger charge is -2.08. The highest BCUT2D eigenvalue weighted by Crippen LogP contribution is 2.22. The third-order valence-corrected chi connectivity index (χ3v) is 2.59. The molecule has 1 N–H and O–H groups in total. The number of halogens is 4. The van der Waals surface area contributed by atoms with Gasteiger partial charge >= 0.3 is 6.18 Å². The molecule has 1 aromatic rings. The first-order valence-corrected chi connectivity index (χ1v) is 6.02. The fraction of sp³-hybridized carbons (Fsp3) is 0.462. The summed E-state index contributed by atoms with van der Waals surface area (Å²) in [7, 11) is 1.37. The second-order valence-corrected chi connectivity index (χ2v) is 4.17. The summed E-state index contributed by atoms with van der Waals surface area (Å²) in [5.41, 5.74) is -0.165.